The predicted octanol–water partition coefficient (Wildman–Crippen LogP) is 3.28. The highest BCUT2D eigenvalue weighted by Crippen LogP contribution is 2.50. The lowest BCUT2D eigenvalue weighted by Gasteiger charge is -2.36. The van der Waals surface area contributed by atoms with E-state index >= 15 is 0 Å². The standard InChI is InChI=1S/C19H17N3OS/c20-10-13-11-22-17(23)15-16(21-18(22)24-13)14-6-2-1-5-12(14)9-19(15)7-3-4-8-19/h1-2,5-6,13H,3-4,7-9,11H2/t13-/m0/s1. The zero-order valence-corrected chi connectivity index (χ0v) is 14.1. The van der Waals surface area contributed by atoms with E-state index in [1.807, 2.05) is 6.07 Å². The second-order valence-corrected chi connectivity index (χ2v) is 8.26. The molecule has 24 heavy (non-hydrogen) atoms. The maximum Gasteiger partial charge on any atom is 0.258 e. The van der Waals surface area contributed by atoms with Gasteiger partial charge in [-0.05, 0) is 24.8 Å². The summed E-state index contributed by atoms with van der Waals surface area (Å²) in [6.45, 7) is 0.466. The number of thioether (sulfide) groups is 1. The Balaban J connectivity index is 1.83. The Labute approximate surface area is 144 Å². The van der Waals surface area contributed by atoms with Gasteiger partial charge in [-0.25, -0.2) is 4.98 Å². The van der Waals surface area contributed by atoms with Gasteiger partial charge in [0.15, 0.2) is 5.16 Å². The molecule has 1 atom stereocenters. The summed E-state index contributed by atoms with van der Waals surface area (Å²) in [5.74, 6) is 0. The van der Waals surface area contributed by atoms with E-state index < -0.39 is 0 Å². The molecule has 5 rings (SSSR count). The van der Waals surface area contributed by atoms with Crippen LogP contribution in [0, 0.1) is 11.3 Å². The van der Waals surface area contributed by atoms with Crippen molar-refractivity contribution in [2.24, 2.45) is 0 Å². The topological polar surface area (TPSA) is 58.7 Å². The molecule has 0 saturated heterocycles. The molecule has 1 aromatic carbocycles. The average Bonchev–Trinajstić information content (AvgIpc) is 3.22. The molecule has 4 nitrogen and oxygen atoms in total. The van der Waals surface area contributed by atoms with E-state index in [2.05, 4.69) is 24.3 Å². The maximum absolute atomic E-state index is 13.3. The number of nitriles is 1. The van der Waals surface area contributed by atoms with E-state index in [1.54, 1.807) is 4.57 Å². The van der Waals surface area contributed by atoms with Gasteiger partial charge in [-0.15, -0.1) is 0 Å². The zero-order valence-electron chi connectivity index (χ0n) is 13.3. The molecule has 1 spiro atoms. The number of rotatable bonds is 0. The molecule has 1 aromatic heterocycles. The lowest BCUT2D eigenvalue weighted by atomic mass is 9.68. The minimum absolute atomic E-state index is 0.0504. The van der Waals surface area contributed by atoms with Crippen molar-refractivity contribution >= 4 is 11.8 Å². The van der Waals surface area contributed by atoms with Gasteiger partial charge in [-0.3, -0.25) is 9.36 Å². The average molecular weight is 335 g/mol. The number of aromatic nitrogens is 2. The summed E-state index contributed by atoms with van der Waals surface area (Å²) in [6, 6.07) is 10.6. The van der Waals surface area contributed by atoms with Crippen LogP contribution in [0.3, 0.4) is 0 Å². The van der Waals surface area contributed by atoms with Crippen molar-refractivity contribution in [1.82, 2.24) is 9.55 Å². The Bertz CT molecular complexity index is 950. The fourth-order valence-electron chi connectivity index (χ4n) is 4.69. The largest absolute Gasteiger partial charge is 0.285 e. The molecule has 2 aromatic rings. The second-order valence-electron chi connectivity index (χ2n) is 7.09. The summed E-state index contributed by atoms with van der Waals surface area (Å²) in [5, 5.41) is 9.74. The minimum Gasteiger partial charge on any atom is -0.285 e. The van der Waals surface area contributed by atoms with Crippen molar-refractivity contribution in [2.75, 3.05) is 0 Å². The second kappa shape index (κ2) is 4.97. The molecule has 5 heteroatoms. The van der Waals surface area contributed by atoms with Gasteiger partial charge < -0.3 is 0 Å². The first-order valence-corrected chi connectivity index (χ1v) is 9.40. The van der Waals surface area contributed by atoms with Crippen LogP contribution in [0.1, 0.15) is 36.8 Å². The molecule has 0 unspecified atom stereocenters. The van der Waals surface area contributed by atoms with Crippen LogP contribution in [0.4, 0.5) is 0 Å². The maximum atomic E-state index is 13.3. The molecule has 3 aliphatic rings. The van der Waals surface area contributed by atoms with Crippen molar-refractivity contribution in [1.29, 1.82) is 5.26 Å². The fraction of sp³-hybridized carbons (Fsp3) is 0.421. The number of nitrogens with zero attached hydrogens (tertiary/aromatic N) is 3. The normalized spacial score (nSPS) is 22.7. The molecule has 2 aliphatic carbocycles. The summed E-state index contributed by atoms with van der Waals surface area (Å²) in [5.41, 5.74) is 4.25. The Hall–Kier alpha value is -2.06. The predicted molar refractivity (Wildman–Crippen MR) is 93.0 cm³/mol. The number of fused-ring (bicyclic) bond motifs is 5. The molecular weight excluding hydrogens is 318 g/mol. The molecular formula is C19H17N3OS. The first-order valence-electron chi connectivity index (χ1n) is 8.52. The third kappa shape index (κ3) is 1.81. The zero-order chi connectivity index (χ0) is 16.3. The third-order valence-electron chi connectivity index (χ3n) is 5.77. The van der Waals surface area contributed by atoms with Crippen LogP contribution >= 0.6 is 11.8 Å². The SMILES string of the molecule is N#C[C@H]1Cn2c(nc3c(c2=O)C2(CCCC2)Cc2ccccc2-3)S1. The lowest BCUT2D eigenvalue weighted by molar-refractivity contribution is 0.417. The smallest absolute Gasteiger partial charge is 0.258 e. The van der Waals surface area contributed by atoms with Gasteiger partial charge in [-0.2, -0.15) is 5.26 Å². The summed E-state index contributed by atoms with van der Waals surface area (Å²) >= 11 is 1.42. The molecule has 0 radical (unpaired) electrons. The first-order chi connectivity index (χ1) is 11.7. The summed E-state index contributed by atoms with van der Waals surface area (Å²) in [7, 11) is 0. The van der Waals surface area contributed by atoms with Gasteiger partial charge in [0, 0.05) is 11.0 Å². The first kappa shape index (κ1) is 14.3. The highest BCUT2D eigenvalue weighted by molar-refractivity contribution is 8.00. The third-order valence-corrected chi connectivity index (χ3v) is 6.83. The van der Waals surface area contributed by atoms with Crippen LogP contribution in [0.5, 0.6) is 0 Å². The van der Waals surface area contributed by atoms with E-state index in [1.165, 1.54) is 30.2 Å². The molecule has 120 valence electrons. The van der Waals surface area contributed by atoms with E-state index in [9.17, 15) is 10.1 Å². The van der Waals surface area contributed by atoms with Crippen molar-refractivity contribution in [3.05, 3.63) is 45.7 Å². The van der Waals surface area contributed by atoms with Gasteiger partial charge in [0.25, 0.3) is 5.56 Å². The van der Waals surface area contributed by atoms with E-state index in [4.69, 9.17) is 4.98 Å². The van der Waals surface area contributed by atoms with Gasteiger partial charge in [0.1, 0.15) is 5.25 Å². The molecule has 0 bridgehead atoms. The van der Waals surface area contributed by atoms with Crippen molar-refractivity contribution in [3.8, 4) is 17.3 Å². The van der Waals surface area contributed by atoms with Gasteiger partial charge in [-0.1, -0.05) is 48.9 Å². The van der Waals surface area contributed by atoms with Crippen molar-refractivity contribution in [3.63, 3.8) is 0 Å². The van der Waals surface area contributed by atoms with Gasteiger partial charge in [0.2, 0.25) is 0 Å². The molecule has 2 heterocycles. The Morgan fingerprint density at radius 3 is 2.88 bits per heavy atom. The van der Waals surface area contributed by atoms with Gasteiger partial charge >= 0.3 is 0 Å². The number of benzene rings is 1. The van der Waals surface area contributed by atoms with Crippen molar-refractivity contribution < 1.29 is 0 Å². The van der Waals surface area contributed by atoms with Crippen LogP contribution in [-0.4, -0.2) is 14.8 Å². The Kier molecular flexibility index (Phi) is 2.96. The highest BCUT2D eigenvalue weighted by Gasteiger charge is 2.45. The van der Waals surface area contributed by atoms with E-state index in [0.717, 1.165) is 36.1 Å². The van der Waals surface area contributed by atoms with Gasteiger partial charge in [0.05, 0.1) is 23.9 Å². The molecule has 0 N–H and O–H groups in total. The van der Waals surface area contributed by atoms with E-state index in [-0.39, 0.29) is 16.2 Å². The minimum atomic E-state index is -0.205. The molecule has 1 saturated carbocycles. The summed E-state index contributed by atoms with van der Waals surface area (Å²) < 4.78 is 1.74. The number of hydrogen-bond acceptors (Lipinski definition) is 4. The van der Waals surface area contributed by atoms with E-state index in [0.29, 0.717) is 11.7 Å². The van der Waals surface area contributed by atoms with Crippen LogP contribution in [-0.2, 0) is 18.4 Å². The number of hydrogen-bond donors (Lipinski definition) is 0. The fourth-order valence-corrected chi connectivity index (χ4v) is 5.65. The molecule has 1 aliphatic heterocycles. The summed E-state index contributed by atoms with van der Waals surface area (Å²) in [6.07, 6.45) is 5.44. The molecule has 1 fully saturated rings. The Morgan fingerprint density at radius 2 is 2.08 bits per heavy atom. The lowest BCUT2D eigenvalue weighted by Crippen LogP contribution is -2.39. The van der Waals surface area contributed by atoms with Crippen molar-refractivity contribution in [2.45, 2.75) is 54.5 Å². The highest BCUT2D eigenvalue weighted by atomic mass is 32.2. The van der Waals surface area contributed by atoms with Crippen LogP contribution in [0.15, 0.2) is 34.2 Å². The van der Waals surface area contributed by atoms with Crippen LogP contribution in [0.2, 0.25) is 0 Å². The summed E-state index contributed by atoms with van der Waals surface area (Å²) in [4.78, 5) is 18.2. The quantitative estimate of drug-likeness (QED) is 0.693. The molecule has 0 amide bonds. The Morgan fingerprint density at radius 1 is 1.29 bits per heavy atom. The van der Waals surface area contributed by atoms with Crippen LogP contribution in [0.25, 0.3) is 11.3 Å². The van der Waals surface area contributed by atoms with Crippen LogP contribution < -0.4 is 5.56 Å². The monoisotopic (exact) mass is 335 g/mol.